The lowest BCUT2D eigenvalue weighted by Gasteiger charge is -2.19. The molecule has 58 heavy (non-hydrogen) atoms. The molecule has 342 valence electrons. The van der Waals surface area contributed by atoms with Crippen LogP contribution >= 0.6 is 0 Å². The zero-order valence-electron chi connectivity index (χ0n) is 39.1. The van der Waals surface area contributed by atoms with Crippen molar-refractivity contribution in [2.75, 3.05) is 32.8 Å². The van der Waals surface area contributed by atoms with E-state index in [0.717, 1.165) is 77.2 Å². The predicted octanol–water partition coefficient (Wildman–Crippen LogP) is 14.7. The van der Waals surface area contributed by atoms with Gasteiger partial charge >= 0.3 is 17.9 Å². The number of ether oxygens (including phenoxy) is 3. The van der Waals surface area contributed by atoms with E-state index < -0.39 is 0 Å². The van der Waals surface area contributed by atoms with Gasteiger partial charge in [0.1, 0.15) is 6.10 Å². The van der Waals surface area contributed by atoms with E-state index in [1.165, 1.54) is 154 Å². The summed E-state index contributed by atoms with van der Waals surface area (Å²) in [6.45, 7) is 13.2. The summed E-state index contributed by atoms with van der Waals surface area (Å²) in [6, 6.07) is 0. The van der Waals surface area contributed by atoms with Gasteiger partial charge in [-0.2, -0.15) is 0 Å². The van der Waals surface area contributed by atoms with Crippen LogP contribution in [0.1, 0.15) is 259 Å². The van der Waals surface area contributed by atoms with Gasteiger partial charge in [0, 0.05) is 19.3 Å². The monoisotopic (exact) mass is 820 g/mol. The molecule has 0 radical (unpaired) electrons. The van der Waals surface area contributed by atoms with Crippen LogP contribution in [-0.2, 0) is 28.6 Å². The molecule has 0 saturated carbocycles. The van der Waals surface area contributed by atoms with Crippen molar-refractivity contribution < 1.29 is 28.6 Å². The Morgan fingerprint density at radius 1 is 0.414 bits per heavy atom. The quantitative estimate of drug-likeness (QED) is 0.0344. The molecular formula is C51H97NO6. The van der Waals surface area contributed by atoms with Crippen molar-refractivity contribution in [3.63, 3.8) is 0 Å². The van der Waals surface area contributed by atoms with Crippen molar-refractivity contribution >= 4 is 17.9 Å². The van der Waals surface area contributed by atoms with E-state index >= 15 is 0 Å². The molecule has 0 aromatic carbocycles. The molecule has 0 amide bonds. The van der Waals surface area contributed by atoms with Crippen LogP contribution in [0.4, 0.5) is 0 Å². The minimum Gasteiger partial charge on any atom is -0.465 e. The number of hydrogen-bond donors (Lipinski definition) is 0. The van der Waals surface area contributed by atoms with Crippen LogP contribution in [0.2, 0.25) is 0 Å². The number of hydrogen-bond acceptors (Lipinski definition) is 7. The van der Waals surface area contributed by atoms with Gasteiger partial charge in [-0.1, -0.05) is 182 Å². The van der Waals surface area contributed by atoms with Crippen LogP contribution in [0.15, 0.2) is 0 Å². The summed E-state index contributed by atoms with van der Waals surface area (Å²) < 4.78 is 17.0. The summed E-state index contributed by atoms with van der Waals surface area (Å²) in [4.78, 5) is 39.2. The van der Waals surface area contributed by atoms with Crippen LogP contribution in [0.3, 0.4) is 0 Å². The van der Waals surface area contributed by atoms with E-state index in [4.69, 9.17) is 14.2 Å². The Balaban J connectivity index is 2.08. The summed E-state index contributed by atoms with van der Waals surface area (Å²) in [7, 11) is 0. The third-order valence-electron chi connectivity index (χ3n) is 12.9. The van der Waals surface area contributed by atoms with E-state index in [9.17, 15) is 14.4 Å². The molecule has 1 heterocycles. The third kappa shape index (κ3) is 34.1. The molecule has 0 aromatic rings. The SMILES string of the molecule is CCC(CC)COC(=O)CCCCCCCCCCCCCCC(CCCCCCCCCCCCCCC(=O)OCC(CC)CC)OC(=O)CCCN1CCCC1. The number of esters is 3. The van der Waals surface area contributed by atoms with Crippen molar-refractivity contribution in [1.29, 1.82) is 0 Å². The highest BCUT2D eigenvalue weighted by molar-refractivity contribution is 5.70. The summed E-state index contributed by atoms with van der Waals surface area (Å²) >= 11 is 0. The Bertz CT molecular complexity index is 872. The van der Waals surface area contributed by atoms with Crippen molar-refractivity contribution in [1.82, 2.24) is 4.90 Å². The van der Waals surface area contributed by atoms with Crippen LogP contribution in [0.5, 0.6) is 0 Å². The predicted molar refractivity (Wildman–Crippen MR) is 244 cm³/mol. The number of likely N-dealkylation sites (tertiary alicyclic amines) is 1. The highest BCUT2D eigenvalue weighted by Crippen LogP contribution is 2.20. The maximum absolute atomic E-state index is 12.8. The molecule has 7 nitrogen and oxygen atoms in total. The molecule has 0 atom stereocenters. The van der Waals surface area contributed by atoms with Crippen molar-refractivity contribution in [3.8, 4) is 0 Å². The van der Waals surface area contributed by atoms with E-state index in [1.54, 1.807) is 0 Å². The van der Waals surface area contributed by atoms with Crippen LogP contribution < -0.4 is 0 Å². The van der Waals surface area contributed by atoms with E-state index in [2.05, 4.69) is 32.6 Å². The molecule has 0 aromatic heterocycles. The molecule has 0 spiro atoms. The van der Waals surface area contributed by atoms with Gasteiger partial charge in [-0.25, -0.2) is 0 Å². The van der Waals surface area contributed by atoms with Crippen LogP contribution in [0.25, 0.3) is 0 Å². The first-order valence-corrected chi connectivity index (χ1v) is 25.6. The van der Waals surface area contributed by atoms with Gasteiger partial charge in [-0.15, -0.1) is 0 Å². The Morgan fingerprint density at radius 3 is 1.07 bits per heavy atom. The smallest absolute Gasteiger partial charge is 0.306 e. The minimum atomic E-state index is -0.0143. The van der Waals surface area contributed by atoms with Gasteiger partial charge in [0.2, 0.25) is 0 Å². The highest BCUT2D eigenvalue weighted by Gasteiger charge is 2.16. The second kappa shape index (κ2) is 40.8. The summed E-state index contributed by atoms with van der Waals surface area (Å²) in [5.74, 6) is 1.02. The normalized spacial score (nSPS) is 13.3. The first-order valence-electron chi connectivity index (χ1n) is 25.6. The van der Waals surface area contributed by atoms with Gasteiger partial charge in [0.15, 0.2) is 0 Å². The molecule has 1 fully saturated rings. The number of rotatable bonds is 43. The fraction of sp³-hybridized carbons (Fsp3) is 0.941. The Kier molecular flexibility index (Phi) is 38.2. The van der Waals surface area contributed by atoms with Crippen molar-refractivity contribution in [2.45, 2.75) is 265 Å². The Hall–Kier alpha value is -1.63. The minimum absolute atomic E-state index is 0.0143. The lowest BCUT2D eigenvalue weighted by molar-refractivity contribution is -0.150. The number of unbranched alkanes of at least 4 members (excludes halogenated alkanes) is 22. The summed E-state index contributed by atoms with van der Waals surface area (Å²) in [6.07, 6.45) is 41.6. The largest absolute Gasteiger partial charge is 0.465 e. The second-order valence-corrected chi connectivity index (χ2v) is 18.1. The van der Waals surface area contributed by atoms with Crippen molar-refractivity contribution in [3.05, 3.63) is 0 Å². The second-order valence-electron chi connectivity index (χ2n) is 18.1. The zero-order valence-corrected chi connectivity index (χ0v) is 39.1. The zero-order chi connectivity index (χ0) is 42.2. The first kappa shape index (κ1) is 54.4. The highest BCUT2D eigenvalue weighted by atomic mass is 16.5. The van der Waals surface area contributed by atoms with Gasteiger partial charge < -0.3 is 19.1 Å². The molecule has 1 aliphatic rings. The van der Waals surface area contributed by atoms with Gasteiger partial charge in [-0.3, -0.25) is 14.4 Å². The molecule has 1 saturated heterocycles. The van der Waals surface area contributed by atoms with Gasteiger partial charge in [0.05, 0.1) is 13.2 Å². The topological polar surface area (TPSA) is 82.1 Å². The van der Waals surface area contributed by atoms with E-state index in [1.807, 2.05) is 0 Å². The molecule has 0 N–H and O–H groups in total. The lowest BCUT2D eigenvalue weighted by Crippen LogP contribution is -2.23. The average Bonchev–Trinajstić information content (AvgIpc) is 3.75. The number of carbonyl (C=O) groups is 3. The molecule has 7 heteroatoms. The van der Waals surface area contributed by atoms with Crippen molar-refractivity contribution in [2.24, 2.45) is 11.8 Å². The fourth-order valence-corrected chi connectivity index (χ4v) is 8.39. The maximum atomic E-state index is 12.8. The third-order valence-corrected chi connectivity index (χ3v) is 12.9. The molecule has 0 aliphatic carbocycles. The van der Waals surface area contributed by atoms with Crippen LogP contribution in [-0.4, -0.2) is 61.8 Å². The Morgan fingerprint density at radius 2 is 0.724 bits per heavy atom. The Labute approximate surface area is 360 Å². The first-order chi connectivity index (χ1) is 28.4. The molecule has 0 unspecified atom stereocenters. The number of nitrogens with zero attached hydrogens (tertiary/aromatic N) is 1. The van der Waals surface area contributed by atoms with Crippen LogP contribution in [0, 0.1) is 11.8 Å². The average molecular weight is 820 g/mol. The molecular weight excluding hydrogens is 723 g/mol. The van der Waals surface area contributed by atoms with Gasteiger partial charge in [-0.05, 0) is 89.3 Å². The van der Waals surface area contributed by atoms with Gasteiger partial charge in [0.25, 0.3) is 0 Å². The molecule has 1 aliphatic heterocycles. The summed E-state index contributed by atoms with van der Waals surface area (Å²) in [5, 5.41) is 0. The summed E-state index contributed by atoms with van der Waals surface area (Å²) in [5.41, 5.74) is 0. The lowest BCUT2D eigenvalue weighted by atomic mass is 10.0. The molecule has 1 rings (SSSR count). The standard InChI is InChI=1S/C51H97NO6/c1-5-46(6-2)44-56-49(53)38-31-27-23-19-15-11-9-13-17-21-25-29-36-48(58-51(55)40-35-43-52-41-33-34-42-52)37-30-26-22-18-14-10-12-16-20-24-28-32-39-50(54)57-45-47(7-3)8-4/h46-48H,5-45H2,1-4H3. The molecule has 0 bridgehead atoms. The fourth-order valence-electron chi connectivity index (χ4n) is 8.39. The van der Waals surface area contributed by atoms with E-state index in [0.29, 0.717) is 44.3 Å². The maximum Gasteiger partial charge on any atom is 0.306 e. The number of carbonyl (C=O) groups excluding carboxylic acids is 3. The van der Waals surface area contributed by atoms with E-state index in [-0.39, 0.29) is 24.0 Å².